The van der Waals surface area contributed by atoms with Gasteiger partial charge in [-0.2, -0.15) is 0 Å². The second-order valence-corrected chi connectivity index (χ2v) is 9.57. The third-order valence-electron chi connectivity index (χ3n) is 6.62. The Labute approximate surface area is 237 Å². The minimum Gasteiger partial charge on any atom is -0.484 e. The number of aromatic nitrogens is 3. The van der Waals surface area contributed by atoms with Gasteiger partial charge in [0.1, 0.15) is 17.6 Å². The Balaban J connectivity index is 1.27. The highest BCUT2D eigenvalue weighted by atomic mass is 32.1. The van der Waals surface area contributed by atoms with E-state index in [1.54, 1.807) is 12.4 Å². The molecule has 1 aliphatic rings. The van der Waals surface area contributed by atoms with Crippen LogP contribution in [0.25, 0.3) is 5.82 Å². The number of benzene rings is 2. The van der Waals surface area contributed by atoms with E-state index in [1.807, 2.05) is 103 Å². The van der Waals surface area contributed by atoms with Gasteiger partial charge in [-0.25, -0.2) is 4.98 Å². The molecule has 6 rings (SSSR count). The van der Waals surface area contributed by atoms with Crippen LogP contribution in [0.5, 0.6) is 5.75 Å². The van der Waals surface area contributed by atoms with Crippen molar-refractivity contribution in [3.05, 3.63) is 133 Å². The lowest BCUT2D eigenvalue weighted by Crippen LogP contribution is -2.30. The zero-order valence-corrected chi connectivity index (χ0v) is 22.2. The third-order valence-corrected chi connectivity index (χ3v) is 6.93. The first-order valence-corrected chi connectivity index (χ1v) is 13.3. The normalized spacial score (nSPS) is 16.4. The number of nitrogens with zero attached hydrogens (tertiary/aromatic N) is 4. The van der Waals surface area contributed by atoms with Gasteiger partial charge in [-0.05, 0) is 85.0 Å². The number of rotatable bonds is 8. The van der Waals surface area contributed by atoms with Crippen LogP contribution in [0.4, 0.5) is 11.4 Å². The lowest BCUT2D eigenvalue weighted by Gasteiger charge is -2.29. The Bertz CT molecular complexity index is 1590. The van der Waals surface area contributed by atoms with Crippen LogP contribution in [0, 0.1) is 0 Å². The molecule has 1 fully saturated rings. The lowest BCUT2D eigenvalue weighted by atomic mass is 10.0. The molecule has 2 atom stereocenters. The van der Waals surface area contributed by atoms with Crippen molar-refractivity contribution in [3.63, 3.8) is 0 Å². The molecule has 8 nitrogen and oxygen atoms in total. The molecule has 0 radical (unpaired) electrons. The fraction of sp³-hybridized carbons (Fsp3) is 0.0968. The van der Waals surface area contributed by atoms with E-state index in [4.69, 9.17) is 17.0 Å². The highest BCUT2D eigenvalue weighted by Gasteiger charge is 2.42. The summed E-state index contributed by atoms with van der Waals surface area (Å²) in [5.41, 5.74) is 3.44. The van der Waals surface area contributed by atoms with Crippen LogP contribution in [0.3, 0.4) is 0 Å². The van der Waals surface area contributed by atoms with Gasteiger partial charge in [-0.3, -0.25) is 9.78 Å². The predicted molar refractivity (Wildman–Crippen MR) is 159 cm³/mol. The molecule has 1 aliphatic heterocycles. The van der Waals surface area contributed by atoms with Gasteiger partial charge in [-0.1, -0.05) is 30.3 Å². The van der Waals surface area contributed by atoms with Gasteiger partial charge in [-0.15, -0.1) is 0 Å². The first kappa shape index (κ1) is 25.3. The first-order chi connectivity index (χ1) is 19.7. The summed E-state index contributed by atoms with van der Waals surface area (Å²) in [7, 11) is 0. The summed E-state index contributed by atoms with van der Waals surface area (Å²) in [4.78, 5) is 23.8. The first-order valence-electron chi connectivity index (χ1n) is 12.8. The Morgan fingerprint density at radius 2 is 1.62 bits per heavy atom. The van der Waals surface area contributed by atoms with Crippen LogP contribution in [0.2, 0.25) is 0 Å². The van der Waals surface area contributed by atoms with Gasteiger partial charge in [0.15, 0.2) is 11.7 Å². The molecule has 5 aromatic rings. The Kier molecular flexibility index (Phi) is 7.19. The molecular weight excluding hydrogens is 520 g/mol. The zero-order chi connectivity index (χ0) is 27.3. The van der Waals surface area contributed by atoms with Crippen molar-refractivity contribution < 1.29 is 9.53 Å². The van der Waals surface area contributed by atoms with E-state index in [1.165, 1.54) is 0 Å². The number of amides is 1. The molecule has 0 bridgehead atoms. The minimum absolute atomic E-state index is 0.0791. The lowest BCUT2D eigenvalue weighted by molar-refractivity contribution is -0.118. The van der Waals surface area contributed by atoms with E-state index in [9.17, 15) is 4.79 Å². The average Bonchev–Trinajstić information content (AvgIpc) is 3.62. The second kappa shape index (κ2) is 11.4. The van der Waals surface area contributed by atoms with E-state index < -0.39 is 0 Å². The van der Waals surface area contributed by atoms with E-state index in [-0.39, 0.29) is 24.6 Å². The van der Waals surface area contributed by atoms with Gasteiger partial charge >= 0.3 is 0 Å². The number of nitrogens with one attached hydrogen (secondary N) is 2. The highest BCUT2D eigenvalue weighted by molar-refractivity contribution is 7.80. The fourth-order valence-corrected chi connectivity index (χ4v) is 5.19. The summed E-state index contributed by atoms with van der Waals surface area (Å²) >= 11 is 5.87. The molecule has 2 aromatic carbocycles. The molecule has 1 amide bonds. The van der Waals surface area contributed by atoms with Gasteiger partial charge < -0.3 is 24.8 Å². The number of hydrogen-bond donors (Lipinski definition) is 2. The van der Waals surface area contributed by atoms with Crippen molar-refractivity contribution in [1.82, 2.24) is 19.9 Å². The number of pyridine rings is 2. The van der Waals surface area contributed by atoms with E-state index in [0.29, 0.717) is 16.5 Å². The fourth-order valence-electron chi connectivity index (χ4n) is 4.84. The summed E-state index contributed by atoms with van der Waals surface area (Å²) in [5, 5.41) is 6.97. The quantitative estimate of drug-likeness (QED) is 0.250. The van der Waals surface area contributed by atoms with E-state index >= 15 is 0 Å². The third kappa shape index (κ3) is 5.27. The minimum atomic E-state index is -0.240. The van der Waals surface area contributed by atoms with Crippen LogP contribution in [-0.4, -0.2) is 32.2 Å². The summed E-state index contributed by atoms with van der Waals surface area (Å²) in [5.74, 6) is 1.22. The molecule has 198 valence electrons. The maximum absolute atomic E-state index is 12.5. The number of ether oxygens (including phenoxy) is 1. The molecule has 2 unspecified atom stereocenters. The summed E-state index contributed by atoms with van der Waals surface area (Å²) in [6.45, 7) is -0.0791. The van der Waals surface area contributed by atoms with Crippen molar-refractivity contribution in [1.29, 1.82) is 0 Å². The van der Waals surface area contributed by atoms with Gasteiger partial charge in [0.05, 0.1) is 11.7 Å². The maximum Gasteiger partial charge on any atom is 0.262 e. The molecule has 9 heteroatoms. The standard InChI is InChI=1S/C31H26N6O2S/c38-28(21-39-24-9-2-1-3-10-24)34-22-14-16-23(17-15-22)37-30(29(35-31(37)40)25-11-4-6-18-32-25)26-12-8-20-36(26)27-13-5-7-19-33-27/h1-20,29-30H,21H2,(H,34,38)(H,35,40). The van der Waals surface area contributed by atoms with Crippen molar-refractivity contribution in [3.8, 4) is 11.6 Å². The number of carbonyl (C=O) groups excluding carboxylic acids is 1. The molecule has 0 aliphatic carbocycles. The number of anilines is 2. The zero-order valence-electron chi connectivity index (χ0n) is 21.4. The summed E-state index contributed by atoms with van der Waals surface area (Å²) < 4.78 is 7.63. The van der Waals surface area contributed by atoms with E-state index in [0.717, 1.165) is 22.9 Å². The number of para-hydroxylation sites is 1. The van der Waals surface area contributed by atoms with Gasteiger partial charge in [0, 0.05) is 35.7 Å². The van der Waals surface area contributed by atoms with Crippen LogP contribution < -0.4 is 20.3 Å². The highest BCUT2D eigenvalue weighted by Crippen LogP contribution is 2.42. The molecule has 0 saturated carbocycles. The predicted octanol–water partition coefficient (Wildman–Crippen LogP) is 5.46. The molecule has 40 heavy (non-hydrogen) atoms. The maximum atomic E-state index is 12.5. The SMILES string of the molecule is O=C(COc1ccccc1)Nc1ccc(N2C(=S)NC(c3ccccn3)C2c2cccn2-c2ccccn2)cc1. The summed E-state index contributed by atoms with van der Waals surface area (Å²) in [6, 6.07) is 32.3. The average molecular weight is 547 g/mol. The van der Waals surface area contributed by atoms with Crippen molar-refractivity contribution >= 4 is 34.6 Å². The van der Waals surface area contributed by atoms with E-state index in [2.05, 4.69) is 36.1 Å². The van der Waals surface area contributed by atoms with Gasteiger partial charge in [0.2, 0.25) is 0 Å². The smallest absolute Gasteiger partial charge is 0.262 e. The van der Waals surface area contributed by atoms with Crippen molar-refractivity contribution in [2.75, 3.05) is 16.8 Å². The van der Waals surface area contributed by atoms with Crippen molar-refractivity contribution in [2.24, 2.45) is 0 Å². The molecule has 0 spiro atoms. The topological polar surface area (TPSA) is 84.3 Å². The molecular formula is C31H26N6O2S. The van der Waals surface area contributed by atoms with Gasteiger partial charge in [0.25, 0.3) is 5.91 Å². The molecule has 4 heterocycles. The largest absolute Gasteiger partial charge is 0.484 e. The monoisotopic (exact) mass is 546 g/mol. The Morgan fingerprint density at radius 1 is 0.875 bits per heavy atom. The Morgan fingerprint density at radius 3 is 2.35 bits per heavy atom. The van der Waals surface area contributed by atoms with Crippen LogP contribution in [0.1, 0.15) is 23.5 Å². The number of thiocarbonyl (C=S) groups is 1. The summed E-state index contributed by atoms with van der Waals surface area (Å²) in [6.07, 6.45) is 5.57. The van der Waals surface area contributed by atoms with Crippen molar-refractivity contribution in [2.45, 2.75) is 12.1 Å². The number of hydrogen-bond acceptors (Lipinski definition) is 5. The molecule has 3 aromatic heterocycles. The molecule has 1 saturated heterocycles. The second-order valence-electron chi connectivity index (χ2n) is 9.18. The number of carbonyl (C=O) groups is 1. The van der Waals surface area contributed by atoms with Crippen LogP contribution >= 0.6 is 12.2 Å². The molecule has 2 N–H and O–H groups in total. The Hall–Kier alpha value is -5.02. The van der Waals surface area contributed by atoms with Crippen LogP contribution in [-0.2, 0) is 4.79 Å². The van der Waals surface area contributed by atoms with Crippen LogP contribution in [0.15, 0.2) is 122 Å².